The Morgan fingerprint density at radius 2 is 0.925 bits per heavy atom. The number of thiophene rings is 2. The maximum atomic E-state index is 10.0. The Bertz CT molecular complexity index is 2290. The normalized spacial score (nSPS) is 11.5. The summed E-state index contributed by atoms with van der Waals surface area (Å²) in [4.78, 5) is 0. The monoisotopic (exact) mass is 543 g/mol. The lowest BCUT2D eigenvalue weighted by molar-refractivity contribution is 1.48. The van der Waals surface area contributed by atoms with Crippen molar-refractivity contribution in [3.63, 3.8) is 0 Å². The highest BCUT2D eigenvalue weighted by Gasteiger charge is 2.15. The fourth-order valence-electron chi connectivity index (χ4n) is 5.81. The molecule has 0 atom stereocenters. The van der Waals surface area contributed by atoms with E-state index in [4.69, 9.17) is 0 Å². The van der Waals surface area contributed by atoms with E-state index in [-0.39, 0.29) is 0 Å². The van der Waals surface area contributed by atoms with Gasteiger partial charge in [-0.25, -0.2) is 0 Å². The Kier molecular flexibility index (Phi) is 5.31. The van der Waals surface area contributed by atoms with Gasteiger partial charge >= 0.3 is 0 Å². The Morgan fingerprint density at radius 3 is 1.62 bits per heavy atom. The van der Waals surface area contributed by atoms with Crippen LogP contribution >= 0.6 is 22.7 Å². The first-order valence-corrected chi connectivity index (χ1v) is 14.9. The molecule has 6 aromatic carbocycles. The second-order valence-electron chi connectivity index (χ2n) is 10.0. The van der Waals surface area contributed by atoms with Crippen LogP contribution in [0.4, 0.5) is 0 Å². The van der Waals surface area contributed by atoms with E-state index in [0.717, 1.165) is 27.8 Å². The zero-order valence-electron chi connectivity index (χ0n) is 21.4. The van der Waals surface area contributed by atoms with Gasteiger partial charge in [0.25, 0.3) is 0 Å². The Hall–Kier alpha value is -4.75. The molecule has 0 radical (unpaired) electrons. The summed E-state index contributed by atoms with van der Waals surface area (Å²) in [5, 5.41) is 15.2. The van der Waals surface area contributed by atoms with Crippen LogP contribution in [-0.2, 0) is 0 Å². The van der Waals surface area contributed by atoms with Gasteiger partial charge in [-0.3, -0.25) is 0 Å². The van der Waals surface area contributed by atoms with Gasteiger partial charge in [0, 0.05) is 45.9 Å². The minimum absolute atomic E-state index is 0.683. The van der Waals surface area contributed by atoms with Crippen LogP contribution in [0.3, 0.4) is 0 Å². The summed E-state index contributed by atoms with van der Waals surface area (Å²) in [5.41, 5.74) is 7.32. The summed E-state index contributed by atoms with van der Waals surface area (Å²) in [7, 11) is 0. The van der Waals surface area contributed by atoms with Crippen LogP contribution in [0, 0.1) is 11.3 Å². The van der Waals surface area contributed by atoms with Crippen LogP contribution in [0.1, 0.15) is 5.56 Å². The van der Waals surface area contributed by atoms with Crippen LogP contribution in [0.25, 0.3) is 73.7 Å². The van der Waals surface area contributed by atoms with Crippen LogP contribution in [0.2, 0.25) is 0 Å². The summed E-state index contributed by atoms with van der Waals surface area (Å²) in [6.45, 7) is 0. The molecule has 0 aliphatic carbocycles. The van der Waals surface area contributed by atoms with Crippen molar-refractivity contribution in [3.05, 3.63) is 133 Å². The second-order valence-corrected chi connectivity index (χ2v) is 12.2. The van der Waals surface area contributed by atoms with Crippen LogP contribution < -0.4 is 0 Å². The molecule has 2 aromatic heterocycles. The van der Waals surface area contributed by atoms with Crippen LogP contribution in [0.5, 0.6) is 0 Å². The van der Waals surface area contributed by atoms with Gasteiger partial charge in [-0.15, -0.1) is 22.7 Å². The molecule has 8 rings (SSSR count). The molecule has 0 bridgehead atoms. The third-order valence-corrected chi connectivity index (χ3v) is 10.1. The van der Waals surface area contributed by atoms with Crippen molar-refractivity contribution in [1.29, 1.82) is 5.26 Å². The standard InChI is InChI=1S/C37H21NS2/c38-22-26-7-1-2-8-27(26)31-19-23(24-14-17-36-32(20-24)29-9-3-5-11-34(29)39-36)13-16-28(31)25-15-18-37-33(21-25)30-10-4-6-12-35(30)40-37/h1-21H. The van der Waals surface area contributed by atoms with Gasteiger partial charge in [-0.1, -0.05) is 78.9 Å². The summed E-state index contributed by atoms with van der Waals surface area (Å²) >= 11 is 3.67. The highest BCUT2D eigenvalue weighted by Crippen LogP contribution is 2.42. The summed E-state index contributed by atoms with van der Waals surface area (Å²) < 4.78 is 5.20. The molecular formula is C37H21NS2. The third-order valence-electron chi connectivity index (χ3n) is 7.76. The molecule has 0 amide bonds. The van der Waals surface area contributed by atoms with Gasteiger partial charge in [-0.2, -0.15) is 5.26 Å². The molecular weight excluding hydrogens is 523 g/mol. The van der Waals surface area contributed by atoms with Crippen LogP contribution in [0.15, 0.2) is 127 Å². The highest BCUT2D eigenvalue weighted by atomic mass is 32.1. The molecule has 186 valence electrons. The predicted molar refractivity (Wildman–Crippen MR) is 173 cm³/mol. The Balaban J connectivity index is 1.36. The van der Waals surface area contributed by atoms with Crippen molar-refractivity contribution in [1.82, 2.24) is 0 Å². The lowest BCUT2D eigenvalue weighted by Gasteiger charge is -2.15. The van der Waals surface area contributed by atoms with E-state index < -0.39 is 0 Å². The fourth-order valence-corrected chi connectivity index (χ4v) is 7.99. The average molecular weight is 544 g/mol. The van der Waals surface area contributed by atoms with Gasteiger partial charge in [0.05, 0.1) is 11.6 Å². The van der Waals surface area contributed by atoms with Gasteiger partial charge in [0.1, 0.15) is 0 Å². The molecule has 2 heterocycles. The Morgan fingerprint density at radius 1 is 0.400 bits per heavy atom. The molecule has 0 N–H and O–H groups in total. The number of benzene rings is 6. The topological polar surface area (TPSA) is 23.8 Å². The molecule has 0 fully saturated rings. The maximum Gasteiger partial charge on any atom is 0.0998 e. The smallest absolute Gasteiger partial charge is 0.0998 e. The molecule has 0 spiro atoms. The largest absolute Gasteiger partial charge is 0.192 e. The zero-order valence-corrected chi connectivity index (χ0v) is 23.0. The van der Waals surface area contributed by atoms with Crippen molar-refractivity contribution in [2.24, 2.45) is 0 Å². The third kappa shape index (κ3) is 3.66. The van der Waals surface area contributed by atoms with E-state index >= 15 is 0 Å². The number of nitrogens with zero attached hydrogens (tertiary/aromatic N) is 1. The molecule has 1 nitrogen and oxygen atoms in total. The maximum absolute atomic E-state index is 10.0. The first kappa shape index (κ1) is 23.2. The average Bonchev–Trinajstić information content (AvgIpc) is 3.58. The van der Waals surface area contributed by atoms with Crippen molar-refractivity contribution >= 4 is 63.0 Å². The number of fused-ring (bicyclic) bond motifs is 6. The van der Waals surface area contributed by atoms with E-state index in [0.29, 0.717) is 5.56 Å². The van der Waals surface area contributed by atoms with E-state index in [1.54, 1.807) is 0 Å². The quantitative estimate of drug-likeness (QED) is 0.217. The van der Waals surface area contributed by atoms with Crippen molar-refractivity contribution < 1.29 is 0 Å². The van der Waals surface area contributed by atoms with E-state index in [2.05, 4.69) is 115 Å². The minimum Gasteiger partial charge on any atom is -0.192 e. The summed E-state index contributed by atoms with van der Waals surface area (Å²) in [6.07, 6.45) is 0. The molecule has 0 aliphatic heterocycles. The zero-order chi connectivity index (χ0) is 26.6. The van der Waals surface area contributed by atoms with Crippen molar-refractivity contribution in [2.75, 3.05) is 0 Å². The second kappa shape index (κ2) is 9.17. The molecule has 40 heavy (non-hydrogen) atoms. The molecule has 0 aliphatic rings. The van der Waals surface area contributed by atoms with Gasteiger partial charge in [0.2, 0.25) is 0 Å². The summed E-state index contributed by atoms with van der Waals surface area (Å²) in [5.74, 6) is 0. The SMILES string of the molecule is N#Cc1ccccc1-c1cc(-c2ccc3sc4ccccc4c3c2)ccc1-c1ccc2sc3ccccc3c2c1. The molecule has 0 saturated carbocycles. The fraction of sp³-hybridized carbons (Fsp3) is 0. The molecule has 0 unspecified atom stereocenters. The number of hydrogen-bond donors (Lipinski definition) is 0. The number of nitriles is 1. The lowest BCUT2D eigenvalue weighted by atomic mass is 9.88. The van der Waals surface area contributed by atoms with Gasteiger partial charge in [-0.05, 0) is 76.3 Å². The summed E-state index contributed by atoms with van der Waals surface area (Å²) in [6, 6.07) is 47.8. The van der Waals surface area contributed by atoms with Gasteiger partial charge in [0.15, 0.2) is 0 Å². The molecule has 8 aromatic rings. The predicted octanol–water partition coefficient (Wildman–Crippen LogP) is 11.3. The van der Waals surface area contributed by atoms with E-state index in [1.165, 1.54) is 45.9 Å². The highest BCUT2D eigenvalue weighted by molar-refractivity contribution is 7.26. The molecule has 0 saturated heterocycles. The Labute approximate surface area is 239 Å². The lowest BCUT2D eigenvalue weighted by Crippen LogP contribution is -1.90. The van der Waals surface area contributed by atoms with E-state index in [9.17, 15) is 5.26 Å². The molecule has 3 heteroatoms. The van der Waals surface area contributed by atoms with Crippen LogP contribution in [-0.4, -0.2) is 0 Å². The first-order chi connectivity index (χ1) is 19.8. The minimum atomic E-state index is 0.683. The number of rotatable bonds is 3. The van der Waals surface area contributed by atoms with Crippen molar-refractivity contribution in [2.45, 2.75) is 0 Å². The first-order valence-electron chi connectivity index (χ1n) is 13.2. The van der Waals surface area contributed by atoms with E-state index in [1.807, 2.05) is 40.9 Å². The number of hydrogen-bond acceptors (Lipinski definition) is 3. The van der Waals surface area contributed by atoms with Gasteiger partial charge < -0.3 is 0 Å². The van der Waals surface area contributed by atoms with Crippen molar-refractivity contribution in [3.8, 4) is 39.4 Å².